The van der Waals surface area contributed by atoms with Gasteiger partial charge >= 0.3 is 60.8 Å². The number of phosphoric acid groups is 6. The molecule has 0 amide bonds. The van der Waals surface area contributed by atoms with Crippen molar-refractivity contribution in [2.75, 3.05) is 163 Å². The highest BCUT2D eigenvalue weighted by Gasteiger charge is 2.53. The van der Waals surface area contributed by atoms with Crippen LogP contribution in [0, 0.1) is 21.7 Å². The predicted molar refractivity (Wildman–Crippen MR) is 335 cm³/mol. The van der Waals surface area contributed by atoms with Crippen LogP contribution in [-0.2, 0) is 136 Å². The molecule has 0 aromatic rings. The summed E-state index contributed by atoms with van der Waals surface area (Å²) in [6, 6.07) is 0. The smallest absolute Gasteiger partial charge is 0.392 e. The molecule has 2 atom stereocenters. The first kappa shape index (κ1) is 83.8. The molecule has 4 spiro atoms. The van der Waals surface area contributed by atoms with Crippen LogP contribution in [0.2, 0.25) is 0 Å². The van der Waals surface area contributed by atoms with Crippen LogP contribution >= 0.6 is 164 Å². The molecule has 8 heterocycles. The van der Waals surface area contributed by atoms with Crippen LogP contribution in [0.5, 0.6) is 0 Å². The summed E-state index contributed by atoms with van der Waals surface area (Å²) in [4.78, 5) is -0.0212. The molecule has 0 aromatic carbocycles. The van der Waals surface area contributed by atoms with Gasteiger partial charge in [0.1, 0.15) is 0 Å². The fourth-order valence-corrected chi connectivity index (χ4v) is 18.1. The molecule has 508 valence electrons. The molecule has 1 N–H and O–H groups in total. The quantitative estimate of drug-likeness (QED) is 0.0633. The third-order valence-electron chi connectivity index (χ3n) is 11.1. The Hall–Kier alpha value is 2.60. The number of alkyl halides is 4. The number of halogens is 7. The lowest BCUT2D eigenvalue weighted by Gasteiger charge is -2.41. The van der Waals surface area contributed by atoms with E-state index in [0.717, 1.165) is 0 Å². The zero-order valence-corrected chi connectivity index (χ0v) is 62.9. The first-order valence-corrected chi connectivity index (χ1v) is 42.6. The Morgan fingerprint density at radius 1 is 0.368 bits per heavy atom. The summed E-state index contributed by atoms with van der Waals surface area (Å²) in [6.07, 6.45) is 7.20. The van der Waals surface area contributed by atoms with Gasteiger partial charge in [-0.3, -0.25) is 99.5 Å². The van der Waals surface area contributed by atoms with Gasteiger partial charge in [0.05, 0.1) is 174 Å². The minimum Gasteiger partial charge on any atom is -0.392 e. The molecule has 8 saturated heterocycles. The standard InChI is InChI=1S/C11H18Br4O8P2.2C11H18O8P2.C5H8Cl2O6P2.C3H6O.BrH/c12-1-9(14)3-18-24(16)20-5-11(6-21-24)7-22-25(17,23-8-11)19-4-10(15)2-13;2*1-3-5-14-20(12)16-7-11(8-17-20)9-18-21(13,19-10-11)15-6-4-2;6-14(8)10-1-5(2-11-14)3-12-15(7,9)13-4-5;1-2-3-4;/h9-10H,1-8H2;2*3-4H,1-2,5-10H2;1-4H2;2,4H,1,3H2;1H. The Labute approximate surface area is 558 Å². The Morgan fingerprint density at radius 3 is 0.678 bits per heavy atom. The monoisotopic (exact) mass is 1770 g/mol. The summed E-state index contributed by atoms with van der Waals surface area (Å²) >= 11 is 24.0. The Kier molecular flexibility index (Phi) is 37.3. The highest BCUT2D eigenvalue weighted by Crippen LogP contribution is 2.65. The average Bonchev–Trinajstić information content (AvgIpc) is 1.15. The van der Waals surface area contributed by atoms with Gasteiger partial charge in [-0.25, -0.2) is 36.5 Å². The first-order valence-electron chi connectivity index (χ1n) is 24.8. The van der Waals surface area contributed by atoms with Crippen LogP contribution in [0.3, 0.4) is 0 Å². The van der Waals surface area contributed by atoms with Crippen molar-refractivity contribution in [1.29, 1.82) is 0 Å². The maximum Gasteiger partial charge on any atom is 0.475 e. The van der Waals surface area contributed by atoms with E-state index < -0.39 is 82.5 Å². The van der Waals surface area contributed by atoms with Crippen LogP contribution in [0.1, 0.15) is 0 Å². The van der Waals surface area contributed by atoms with E-state index in [4.69, 9.17) is 127 Å². The molecule has 0 bridgehead atoms. The lowest BCUT2D eigenvalue weighted by molar-refractivity contribution is -0.0955. The van der Waals surface area contributed by atoms with Gasteiger partial charge in [0.25, 0.3) is 0 Å². The van der Waals surface area contributed by atoms with Gasteiger partial charge in [0.2, 0.25) is 0 Å². The summed E-state index contributed by atoms with van der Waals surface area (Å²) in [5, 5.41) is 9.03. The van der Waals surface area contributed by atoms with E-state index in [1.165, 1.54) is 30.4 Å². The van der Waals surface area contributed by atoms with Crippen LogP contribution in [0.4, 0.5) is 0 Å². The molecule has 8 aliphatic heterocycles. The molecular weight excluding hydrogens is 1710 g/mol. The SMILES string of the molecule is Br.C=CCO.C=CCOP1(=O)OCC2(CO1)COP(=O)(OCC=C)OC2.C=CCOP1(=O)OCC2(CO1)COP(=O)(OCC=C)OC2.O=P1(Cl)OCC2(CO1)COP(=O)(Cl)OC2.O=P1(OCC(Br)CBr)OCC2(CO1)COP(=O)(OCC(Br)CBr)OC2. The molecule has 0 saturated carbocycles. The molecule has 8 fully saturated rings. The van der Waals surface area contributed by atoms with Crippen molar-refractivity contribution >= 4 is 164 Å². The normalized spacial score (nSPS) is 39.6. The zero-order valence-electron chi connectivity index (χ0n) is 46.2. The highest BCUT2D eigenvalue weighted by molar-refractivity contribution is 9.12. The van der Waals surface area contributed by atoms with Gasteiger partial charge in [0.15, 0.2) is 0 Å². The number of hydrogen-bond donors (Lipinski definition) is 1. The van der Waals surface area contributed by atoms with E-state index >= 15 is 0 Å². The summed E-state index contributed by atoms with van der Waals surface area (Å²) in [6.45, 7) is 11.6. The van der Waals surface area contributed by atoms with Gasteiger partial charge in [-0.1, -0.05) is 94.1 Å². The largest absolute Gasteiger partial charge is 0.475 e. The molecule has 8 aliphatic rings. The van der Waals surface area contributed by atoms with Gasteiger partial charge in [-0.15, -0.1) is 49.9 Å². The number of phosphoric ester groups is 6. The molecule has 0 aromatic heterocycles. The number of aliphatic hydroxyl groups is 1. The summed E-state index contributed by atoms with van der Waals surface area (Å²) in [5.74, 6) is 0. The maximum atomic E-state index is 12.3. The second-order valence-electron chi connectivity index (χ2n) is 18.8. The lowest BCUT2D eigenvalue weighted by Crippen LogP contribution is -2.46. The van der Waals surface area contributed by atoms with Gasteiger partial charge < -0.3 is 5.11 Å². The highest BCUT2D eigenvalue weighted by atomic mass is 79.9. The van der Waals surface area contributed by atoms with E-state index in [2.05, 4.69) is 96.6 Å². The second kappa shape index (κ2) is 38.7. The van der Waals surface area contributed by atoms with Gasteiger partial charge in [-0.05, 0) is 0 Å². The Morgan fingerprint density at radius 2 is 0.529 bits per heavy atom. The number of aliphatic hydroxyl groups excluding tert-OH is 1. The van der Waals surface area contributed by atoms with E-state index in [1.807, 2.05) is 0 Å². The molecule has 8 rings (SSSR count). The topological polar surface area (TPSA) is 360 Å². The van der Waals surface area contributed by atoms with E-state index in [0.29, 0.717) is 10.7 Å². The van der Waals surface area contributed by atoms with Gasteiger partial charge in [-0.2, -0.15) is 0 Å². The molecule has 0 aliphatic carbocycles. The van der Waals surface area contributed by atoms with E-state index in [9.17, 15) is 36.5 Å². The average molecular weight is 1780 g/mol. The third kappa shape index (κ3) is 28.9. The second-order valence-corrected chi connectivity index (χ2v) is 38.0. The predicted octanol–water partition coefficient (Wildman–Crippen LogP) is 13.5. The van der Waals surface area contributed by atoms with E-state index in [-0.39, 0.29) is 179 Å². The minimum atomic E-state index is -3.61. The molecule has 46 heteroatoms. The van der Waals surface area contributed by atoms with Crippen LogP contribution in [-0.4, -0.2) is 177 Å². The fourth-order valence-electron chi connectivity index (χ4n) is 6.20. The summed E-state index contributed by atoms with van der Waals surface area (Å²) in [5.41, 5.74) is -2.69. The van der Waals surface area contributed by atoms with Crippen molar-refractivity contribution in [3.8, 4) is 0 Å². The molecule has 0 radical (unpaired) electrons. The van der Waals surface area contributed by atoms with Crippen molar-refractivity contribution in [2.45, 2.75) is 9.65 Å². The number of hydrogen-bond acceptors (Lipinski definition) is 31. The van der Waals surface area contributed by atoms with Crippen LogP contribution in [0.15, 0.2) is 63.3 Å². The molecule has 31 nitrogen and oxygen atoms in total. The van der Waals surface area contributed by atoms with Crippen LogP contribution in [0.25, 0.3) is 0 Å². The van der Waals surface area contributed by atoms with Crippen molar-refractivity contribution in [2.24, 2.45) is 21.7 Å². The Bertz CT molecular complexity index is 2270. The van der Waals surface area contributed by atoms with E-state index in [1.54, 1.807) is 0 Å². The van der Waals surface area contributed by atoms with Crippen LogP contribution < -0.4 is 0 Å². The maximum absolute atomic E-state index is 12.3. The van der Waals surface area contributed by atoms with Gasteiger partial charge in [0, 0.05) is 42.8 Å². The molecule has 87 heavy (non-hydrogen) atoms. The Balaban J connectivity index is 0.000000299. The molecular formula is C41H69Br5Cl2O31P8. The minimum absolute atomic E-state index is 0. The summed E-state index contributed by atoms with van der Waals surface area (Å²) < 4.78 is 207. The van der Waals surface area contributed by atoms with Crippen molar-refractivity contribution in [1.82, 2.24) is 0 Å². The lowest BCUT2D eigenvalue weighted by atomic mass is 9.93. The van der Waals surface area contributed by atoms with Crippen molar-refractivity contribution in [3.05, 3.63) is 63.3 Å². The summed E-state index contributed by atoms with van der Waals surface area (Å²) in [7, 11) is -21.5. The number of rotatable bonds is 21. The molecule has 2 unspecified atom stereocenters. The van der Waals surface area contributed by atoms with Crippen molar-refractivity contribution in [3.63, 3.8) is 0 Å². The zero-order chi connectivity index (χ0) is 63.9. The third-order valence-corrected chi connectivity index (χ3v) is 26.7. The fraction of sp³-hybridized carbons (Fsp3) is 0.756. The first-order chi connectivity index (χ1) is 40.4. The van der Waals surface area contributed by atoms with Crippen molar-refractivity contribution < 1.29 is 141 Å².